The first kappa shape index (κ1) is 18.2. The number of rotatable bonds is 5. The summed E-state index contributed by atoms with van der Waals surface area (Å²) >= 11 is 15.2. The first-order chi connectivity index (χ1) is 8.97. The molecule has 0 aliphatic heterocycles. The summed E-state index contributed by atoms with van der Waals surface area (Å²) in [6.07, 6.45) is 0. The summed E-state index contributed by atoms with van der Waals surface area (Å²) in [6, 6.07) is 3.02. The van der Waals surface area contributed by atoms with Gasteiger partial charge in [-0.3, -0.25) is 0 Å². The molecule has 1 aromatic carbocycles. The Morgan fingerprint density at radius 2 is 1.70 bits per heavy atom. The van der Waals surface area contributed by atoms with Crippen molar-refractivity contribution in [1.82, 2.24) is 4.72 Å². The molecular weight excluding hydrogens is 385 g/mol. The molecule has 1 rings (SSSR count). The fraction of sp³-hybridized carbons (Fsp3) is 0.538. The molecule has 7 heteroatoms. The SMILES string of the molecule is CC(C)C(C)(C)CNS(=O)(=O)c1c(Cl)cc(Br)cc1Cl. The summed E-state index contributed by atoms with van der Waals surface area (Å²) in [5.74, 6) is 0.334. The van der Waals surface area contributed by atoms with Gasteiger partial charge in [-0.2, -0.15) is 0 Å². The Kier molecular flexibility index (Phi) is 5.95. The third-order valence-corrected chi connectivity index (χ3v) is 6.29. The molecule has 0 aromatic heterocycles. The third kappa shape index (κ3) is 4.34. The fourth-order valence-corrected chi connectivity index (χ4v) is 4.50. The van der Waals surface area contributed by atoms with Gasteiger partial charge in [0, 0.05) is 11.0 Å². The summed E-state index contributed by atoms with van der Waals surface area (Å²) in [5.41, 5.74) is -0.165. The topological polar surface area (TPSA) is 46.2 Å². The Labute approximate surface area is 139 Å². The van der Waals surface area contributed by atoms with E-state index in [4.69, 9.17) is 23.2 Å². The van der Waals surface area contributed by atoms with Crippen LogP contribution in [0.4, 0.5) is 0 Å². The van der Waals surface area contributed by atoms with Crippen molar-refractivity contribution in [1.29, 1.82) is 0 Å². The molecule has 114 valence electrons. The van der Waals surface area contributed by atoms with Gasteiger partial charge in [0.1, 0.15) is 4.90 Å². The van der Waals surface area contributed by atoms with Crippen LogP contribution in [0.25, 0.3) is 0 Å². The van der Waals surface area contributed by atoms with E-state index in [9.17, 15) is 8.42 Å². The van der Waals surface area contributed by atoms with E-state index < -0.39 is 10.0 Å². The van der Waals surface area contributed by atoms with Crippen molar-refractivity contribution in [2.75, 3.05) is 6.54 Å². The van der Waals surface area contributed by atoms with Gasteiger partial charge in [-0.25, -0.2) is 13.1 Å². The number of hydrogen-bond acceptors (Lipinski definition) is 2. The summed E-state index contributed by atoms with van der Waals surface area (Å²) in [6.45, 7) is 8.42. The zero-order chi connectivity index (χ0) is 15.7. The molecular formula is C13H18BrCl2NO2S. The summed E-state index contributed by atoms with van der Waals surface area (Å²) in [5, 5.41) is 0.193. The average molecular weight is 403 g/mol. The van der Waals surface area contributed by atoms with Gasteiger partial charge in [-0.05, 0) is 23.5 Å². The lowest BCUT2D eigenvalue weighted by molar-refractivity contribution is 0.252. The minimum Gasteiger partial charge on any atom is -0.211 e. The van der Waals surface area contributed by atoms with Crippen molar-refractivity contribution < 1.29 is 8.42 Å². The first-order valence-corrected chi connectivity index (χ1v) is 9.15. The van der Waals surface area contributed by atoms with Gasteiger partial charge >= 0.3 is 0 Å². The Balaban J connectivity index is 3.08. The summed E-state index contributed by atoms with van der Waals surface area (Å²) in [4.78, 5) is -0.0800. The maximum absolute atomic E-state index is 12.4. The van der Waals surface area contributed by atoms with E-state index in [0.717, 1.165) is 0 Å². The van der Waals surface area contributed by atoms with E-state index in [-0.39, 0.29) is 20.4 Å². The average Bonchev–Trinajstić information content (AvgIpc) is 2.24. The standard InChI is InChI=1S/C13H18BrCl2NO2S/c1-8(2)13(3,4)7-17-20(18,19)12-10(15)5-9(14)6-11(12)16/h5-6,8,17H,7H2,1-4H3. The zero-order valence-electron chi connectivity index (χ0n) is 11.8. The van der Waals surface area contributed by atoms with Gasteiger partial charge in [-0.1, -0.05) is 66.8 Å². The van der Waals surface area contributed by atoms with Crippen LogP contribution in [0.3, 0.4) is 0 Å². The molecule has 0 unspecified atom stereocenters. The van der Waals surface area contributed by atoms with Gasteiger partial charge < -0.3 is 0 Å². The highest BCUT2D eigenvalue weighted by atomic mass is 79.9. The van der Waals surface area contributed by atoms with Gasteiger partial charge in [0.05, 0.1) is 10.0 Å². The second-order valence-corrected chi connectivity index (χ2v) is 9.10. The second kappa shape index (κ2) is 6.53. The Morgan fingerprint density at radius 1 is 1.25 bits per heavy atom. The van der Waals surface area contributed by atoms with Crippen LogP contribution in [0.1, 0.15) is 27.7 Å². The van der Waals surface area contributed by atoms with Crippen molar-refractivity contribution in [3.8, 4) is 0 Å². The molecule has 1 N–H and O–H groups in total. The van der Waals surface area contributed by atoms with Crippen LogP contribution in [0.5, 0.6) is 0 Å². The predicted octanol–water partition coefficient (Wildman–Crippen LogP) is 4.72. The van der Waals surface area contributed by atoms with E-state index in [1.165, 1.54) is 12.1 Å². The number of hydrogen-bond donors (Lipinski definition) is 1. The molecule has 0 saturated carbocycles. The van der Waals surface area contributed by atoms with Gasteiger partial charge in [-0.15, -0.1) is 0 Å². The van der Waals surface area contributed by atoms with Crippen LogP contribution in [0, 0.1) is 11.3 Å². The minimum absolute atomic E-state index is 0.0800. The van der Waals surface area contributed by atoms with Crippen LogP contribution >= 0.6 is 39.1 Å². The van der Waals surface area contributed by atoms with Crippen LogP contribution in [-0.4, -0.2) is 15.0 Å². The quantitative estimate of drug-likeness (QED) is 0.774. The monoisotopic (exact) mass is 401 g/mol. The van der Waals surface area contributed by atoms with Crippen molar-refractivity contribution in [2.45, 2.75) is 32.6 Å². The molecule has 0 atom stereocenters. The molecule has 0 fully saturated rings. The number of benzene rings is 1. The van der Waals surface area contributed by atoms with Crippen molar-refractivity contribution >= 4 is 49.2 Å². The molecule has 1 aromatic rings. The van der Waals surface area contributed by atoms with Crippen LogP contribution in [-0.2, 0) is 10.0 Å². The Bertz CT molecular complexity index is 577. The largest absolute Gasteiger partial charge is 0.243 e. The van der Waals surface area contributed by atoms with Crippen LogP contribution in [0.15, 0.2) is 21.5 Å². The smallest absolute Gasteiger partial charge is 0.211 e. The molecule has 0 aliphatic carbocycles. The van der Waals surface area contributed by atoms with Gasteiger partial charge in [0.25, 0.3) is 0 Å². The van der Waals surface area contributed by atoms with E-state index >= 15 is 0 Å². The Morgan fingerprint density at radius 3 is 2.10 bits per heavy atom. The molecule has 0 amide bonds. The predicted molar refractivity (Wildman–Crippen MR) is 88.0 cm³/mol. The fourth-order valence-electron chi connectivity index (χ4n) is 1.34. The molecule has 0 spiro atoms. The maximum Gasteiger partial charge on any atom is 0.243 e. The van der Waals surface area contributed by atoms with E-state index in [1.54, 1.807) is 0 Å². The van der Waals surface area contributed by atoms with Crippen LogP contribution < -0.4 is 4.72 Å². The lowest BCUT2D eigenvalue weighted by Gasteiger charge is -2.29. The molecule has 3 nitrogen and oxygen atoms in total. The molecule has 0 radical (unpaired) electrons. The zero-order valence-corrected chi connectivity index (χ0v) is 15.7. The number of halogens is 3. The van der Waals surface area contributed by atoms with Crippen molar-refractivity contribution in [3.05, 3.63) is 26.7 Å². The lowest BCUT2D eigenvalue weighted by atomic mass is 9.81. The molecule has 0 bridgehead atoms. The third-order valence-electron chi connectivity index (χ3n) is 3.51. The molecule has 0 saturated heterocycles. The Hall–Kier alpha value is 0.190. The van der Waals surface area contributed by atoms with Gasteiger partial charge in [0.2, 0.25) is 10.0 Å². The maximum atomic E-state index is 12.4. The highest BCUT2D eigenvalue weighted by Gasteiger charge is 2.28. The van der Waals surface area contributed by atoms with Gasteiger partial charge in [0.15, 0.2) is 0 Å². The normalized spacial score (nSPS) is 13.0. The van der Waals surface area contributed by atoms with E-state index in [2.05, 4.69) is 20.7 Å². The van der Waals surface area contributed by atoms with E-state index in [0.29, 0.717) is 16.9 Å². The molecule has 0 heterocycles. The minimum atomic E-state index is -3.74. The first-order valence-electron chi connectivity index (χ1n) is 6.11. The number of sulfonamides is 1. The lowest BCUT2D eigenvalue weighted by Crippen LogP contribution is -2.37. The van der Waals surface area contributed by atoms with E-state index in [1.807, 2.05) is 27.7 Å². The van der Waals surface area contributed by atoms with Crippen molar-refractivity contribution in [2.24, 2.45) is 11.3 Å². The molecule has 20 heavy (non-hydrogen) atoms. The second-order valence-electron chi connectivity index (χ2n) is 5.67. The van der Waals surface area contributed by atoms with Crippen LogP contribution in [0.2, 0.25) is 10.0 Å². The summed E-state index contributed by atoms with van der Waals surface area (Å²) < 4.78 is 27.9. The number of nitrogens with one attached hydrogen (secondary N) is 1. The highest BCUT2D eigenvalue weighted by Crippen LogP contribution is 2.33. The molecule has 0 aliphatic rings. The van der Waals surface area contributed by atoms with Crippen molar-refractivity contribution in [3.63, 3.8) is 0 Å². The highest BCUT2D eigenvalue weighted by molar-refractivity contribution is 9.10. The summed E-state index contributed by atoms with van der Waals surface area (Å²) in [7, 11) is -3.74.